The predicted molar refractivity (Wildman–Crippen MR) is 81.7 cm³/mol. The molecule has 0 nitrogen and oxygen atoms in total. The summed E-state index contributed by atoms with van der Waals surface area (Å²) in [5, 5.41) is 4.59. The van der Waals surface area contributed by atoms with Crippen molar-refractivity contribution in [2.75, 3.05) is 0 Å². The number of hydrogen-bond donors (Lipinski definition) is 0. The largest absolute Gasteiger partial charge is 0.0662 e. The molecular weight excluding hydrogens is 232 g/mol. The SMILES string of the molecule is CCCCC(C)=CSSC=C(C)CCCC. The Morgan fingerprint density at radius 1 is 0.812 bits per heavy atom. The molecule has 0 spiro atoms. The Balaban J connectivity index is 3.63. The molecular formula is C14H26S2. The van der Waals surface area contributed by atoms with Gasteiger partial charge in [-0.05, 0) is 50.3 Å². The summed E-state index contributed by atoms with van der Waals surface area (Å²) in [6.45, 7) is 8.96. The Morgan fingerprint density at radius 3 is 1.50 bits per heavy atom. The van der Waals surface area contributed by atoms with Crippen LogP contribution in [0.25, 0.3) is 0 Å². The lowest BCUT2D eigenvalue weighted by Crippen LogP contribution is -1.75. The minimum atomic E-state index is 1.25. The highest BCUT2D eigenvalue weighted by Crippen LogP contribution is 2.28. The highest BCUT2D eigenvalue weighted by Gasteiger charge is 1.91. The molecule has 0 atom stereocenters. The third kappa shape index (κ3) is 10.7. The van der Waals surface area contributed by atoms with Crippen LogP contribution in [0.2, 0.25) is 0 Å². The van der Waals surface area contributed by atoms with Crippen LogP contribution in [0.1, 0.15) is 66.2 Å². The quantitative estimate of drug-likeness (QED) is 0.339. The zero-order valence-electron chi connectivity index (χ0n) is 11.2. The Hall–Kier alpha value is 0.180. The third-order valence-corrected chi connectivity index (χ3v) is 4.42. The van der Waals surface area contributed by atoms with Crippen LogP contribution in [0.15, 0.2) is 22.0 Å². The topological polar surface area (TPSA) is 0 Å². The number of unbranched alkanes of at least 4 members (excludes halogenated alkanes) is 2. The van der Waals surface area contributed by atoms with Gasteiger partial charge in [-0.15, -0.1) is 0 Å². The Morgan fingerprint density at radius 2 is 1.19 bits per heavy atom. The van der Waals surface area contributed by atoms with Gasteiger partial charge in [-0.25, -0.2) is 0 Å². The molecule has 0 N–H and O–H groups in total. The molecule has 0 heterocycles. The van der Waals surface area contributed by atoms with Crippen molar-refractivity contribution >= 4 is 21.6 Å². The van der Waals surface area contributed by atoms with Crippen LogP contribution in [0.4, 0.5) is 0 Å². The predicted octanol–water partition coefficient (Wildman–Crippen LogP) is 6.56. The fraction of sp³-hybridized carbons (Fsp3) is 0.714. The van der Waals surface area contributed by atoms with Crippen molar-refractivity contribution in [1.82, 2.24) is 0 Å². The summed E-state index contributed by atoms with van der Waals surface area (Å²) >= 11 is 0. The molecule has 0 aliphatic carbocycles. The lowest BCUT2D eigenvalue weighted by atomic mass is 10.2. The van der Waals surface area contributed by atoms with E-state index in [1.807, 2.05) is 21.6 Å². The number of hydrogen-bond acceptors (Lipinski definition) is 2. The number of rotatable bonds is 9. The second-order valence-corrected chi connectivity index (χ2v) is 6.34. The first-order valence-corrected chi connectivity index (χ1v) is 8.61. The van der Waals surface area contributed by atoms with Gasteiger partial charge in [-0.3, -0.25) is 0 Å². The highest BCUT2D eigenvalue weighted by atomic mass is 33.1. The lowest BCUT2D eigenvalue weighted by molar-refractivity contribution is 0.788. The van der Waals surface area contributed by atoms with E-state index in [-0.39, 0.29) is 0 Å². The van der Waals surface area contributed by atoms with Gasteiger partial charge in [0.25, 0.3) is 0 Å². The van der Waals surface area contributed by atoms with E-state index < -0.39 is 0 Å². The molecule has 0 amide bonds. The van der Waals surface area contributed by atoms with E-state index >= 15 is 0 Å². The third-order valence-electron chi connectivity index (χ3n) is 2.40. The van der Waals surface area contributed by atoms with Crippen molar-refractivity contribution in [3.8, 4) is 0 Å². The molecule has 0 aromatic carbocycles. The molecule has 0 aromatic heterocycles. The van der Waals surface area contributed by atoms with Crippen molar-refractivity contribution in [3.63, 3.8) is 0 Å². The maximum Gasteiger partial charge on any atom is -0.0189 e. The summed E-state index contributed by atoms with van der Waals surface area (Å²) in [5.41, 5.74) is 3.03. The zero-order chi connectivity index (χ0) is 12.2. The molecule has 2 heteroatoms. The molecule has 0 aliphatic heterocycles. The van der Waals surface area contributed by atoms with Crippen molar-refractivity contribution < 1.29 is 0 Å². The normalized spacial score (nSPS) is 13.2. The van der Waals surface area contributed by atoms with Crippen molar-refractivity contribution in [2.24, 2.45) is 0 Å². The standard InChI is InChI=1S/C14H26S2/c1-5-7-9-13(3)11-15-16-12-14(4)10-8-6-2/h11-12H,5-10H2,1-4H3. The smallest absolute Gasteiger partial charge is 0.0189 e. The molecule has 0 rings (SSSR count). The van der Waals surface area contributed by atoms with Gasteiger partial charge in [0.2, 0.25) is 0 Å². The van der Waals surface area contributed by atoms with Crippen LogP contribution < -0.4 is 0 Å². The lowest BCUT2D eigenvalue weighted by Gasteiger charge is -1.99. The van der Waals surface area contributed by atoms with E-state index in [0.29, 0.717) is 0 Å². The van der Waals surface area contributed by atoms with Gasteiger partial charge in [-0.2, -0.15) is 0 Å². The minimum Gasteiger partial charge on any atom is -0.0662 e. The molecule has 0 bridgehead atoms. The Labute approximate surface area is 110 Å². The first kappa shape index (κ1) is 16.2. The van der Waals surface area contributed by atoms with Crippen LogP contribution in [-0.4, -0.2) is 0 Å². The van der Waals surface area contributed by atoms with Gasteiger partial charge >= 0.3 is 0 Å². The first-order valence-electron chi connectivity index (χ1n) is 6.34. The monoisotopic (exact) mass is 258 g/mol. The molecule has 0 unspecified atom stereocenters. The summed E-state index contributed by atoms with van der Waals surface area (Å²) < 4.78 is 0. The maximum absolute atomic E-state index is 2.30. The van der Waals surface area contributed by atoms with Gasteiger partial charge in [0, 0.05) is 0 Å². The molecule has 0 saturated carbocycles. The Kier molecular flexibility index (Phi) is 11.8. The van der Waals surface area contributed by atoms with E-state index in [1.54, 1.807) is 0 Å². The maximum atomic E-state index is 2.30. The minimum absolute atomic E-state index is 1.25. The van der Waals surface area contributed by atoms with Gasteiger partial charge < -0.3 is 0 Å². The van der Waals surface area contributed by atoms with Gasteiger partial charge in [0.05, 0.1) is 0 Å². The van der Waals surface area contributed by atoms with Crippen molar-refractivity contribution in [2.45, 2.75) is 66.2 Å². The average Bonchev–Trinajstić information content (AvgIpc) is 2.29. The molecule has 94 valence electrons. The van der Waals surface area contributed by atoms with E-state index in [1.165, 1.54) is 49.7 Å². The molecule has 0 saturated heterocycles. The summed E-state index contributed by atoms with van der Waals surface area (Å²) in [6, 6.07) is 0. The van der Waals surface area contributed by atoms with Crippen LogP contribution >= 0.6 is 21.6 Å². The fourth-order valence-corrected chi connectivity index (χ4v) is 3.24. The molecule has 0 radical (unpaired) electrons. The number of allylic oxidation sites excluding steroid dienone is 2. The van der Waals surface area contributed by atoms with E-state index in [0.717, 1.165) is 0 Å². The van der Waals surface area contributed by atoms with E-state index in [4.69, 9.17) is 0 Å². The van der Waals surface area contributed by atoms with Crippen LogP contribution in [0.3, 0.4) is 0 Å². The highest BCUT2D eigenvalue weighted by molar-refractivity contribution is 8.78. The van der Waals surface area contributed by atoms with Crippen LogP contribution in [0, 0.1) is 0 Å². The second-order valence-electron chi connectivity index (χ2n) is 4.33. The van der Waals surface area contributed by atoms with Gasteiger partial charge in [0.15, 0.2) is 0 Å². The first-order chi connectivity index (χ1) is 7.70. The zero-order valence-corrected chi connectivity index (χ0v) is 12.8. The van der Waals surface area contributed by atoms with Crippen molar-refractivity contribution in [1.29, 1.82) is 0 Å². The molecule has 16 heavy (non-hydrogen) atoms. The Bertz CT molecular complexity index is 193. The van der Waals surface area contributed by atoms with E-state index in [2.05, 4.69) is 38.5 Å². The summed E-state index contributed by atoms with van der Waals surface area (Å²) in [4.78, 5) is 0. The van der Waals surface area contributed by atoms with Gasteiger partial charge in [0.1, 0.15) is 0 Å². The summed E-state index contributed by atoms with van der Waals surface area (Å²) in [5.74, 6) is 0. The van der Waals surface area contributed by atoms with Crippen molar-refractivity contribution in [3.05, 3.63) is 22.0 Å². The molecule has 0 fully saturated rings. The second kappa shape index (κ2) is 11.7. The average molecular weight is 258 g/mol. The van der Waals surface area contributed by atoms with E-state index in [9.17, 15) is 0 Å². The van der Waals surface area contributed by atoms with Crippen LogP contribution in [-0.2, 0) is 0 Å². The summed E-state index contributed by atoms with van der Waals surface area (Å²) in [6.07, 6.45) is 7.72. The molecule has 0 aliphatic rings. The summed E-state index contributed by atoms with van der Waals surface area (Å²) in [7, 11) is 3.70. The van der Waals surface area contributed by atoms with Gasteiger partial charge in [-0.1, -0.05) is 59.4 Å². The fourth-order valence-electron chi connectivity index (χ4n) is 1.25. The van der Waals surface area contributed by atoms with Crippen LogP contribution in [0.5, 0.6) is 0 Å². The molecule has 0 aromatic rings.